The summed E-state index contributed by atoms with van der Waals surface area (Å²) in [5.74, 6) is 0. The van der Waals surface area contributed by atoms with Gasteiger partial charge in [-0.3, -0.25) is 0 Å². The molecule has 96 valence electrons. The number of nitrogens with one attached hydrogen (secondary N) is 2. The first-order chi connectivity index (χ1) is 8.47. The quantitative estimate of drug-likeness (QED) is 0.873. The summed E-state index contributed by atoms with van der Waals surface area (Å²) in [4.78, 5) is 11.1. The third-order valence-corrected chi connectivity index (χ3v) is 2.26. The Morgan fingerprint density at radius 1 is 1.39 bits per heavy atom. The Hall–Kier alpha value is -2.25. The molecule has 0 saturated heterocycles. The second-order valence-electron chi connectivity index (χ2n) is 3.56. The van der Waals surface area contributed by atoms with Crippen molar-refractivity contribution in [1.29, 1.82) is 0 Å². The molecule has 2 rings (SSSR count). The molecular formula is C10H9F3N4O. The number of alkyl halides is 3. The van der Waals surface area contributed by atoms with Crippen molar-refractivity contribution < 1.29 is 13.2 Å². The minimum atomic E-state index is -4.37. The van der Waals surface area contributed by atoms with Gasteiger partial charge in [0.2, 0.25) is 0 Å². The summed E-state index contributed by atoms with van der Waals surface area (Å²) in [5.41, 5.74) is 1.84. The van der Waals surface area contributed by atoms with Gasteiger partial charge in [-0.05, 0) is 17.7 Å². The Kier molecular flexibility index (Phi) is 3.09. The number of aromatic amines is 1. The predicted molar refractivity (Wildman–Crippen MR) is 57.4 cm³/mol. The van der Waals surface area contributed by atoms with Crippen molar-refractivity contribution in [3.63, 3.8) is 0 Å². The largest absolute Gasteiger partial charge is 0.416 e. The van der Waals surface area contributed by atoms with Crippen LogP contribution in [0.1, 0.15) is 11.1 Å². The Morgan fingerprint density at radius 3 is 2.78 bits per heavy atom. The minimum absolute atomic E-state index is 0.0867. The summed E-state index contributed by atoms with van der Waals surface area (Å²) < 4.78 is 38.4. The van der Waals surface area contributed by atoms with Gasteiger partial charge in [0, 0.05) is 0 Å². The van der Waals surface area contributed by atoms with Gasteiger partial charge in [-0.25, -0.2) is 9.89 Å². The van der Waals surface area contributed by atoms with Crippen molar-refractivity contribution in [2.24, 2.45) is 0 Å². The fourth-order valence-electron chi connectivity index (χ4n) is 1.39. The van der Waals surface area contributed by atoms with Gasteiger partial charge in [-0.15, -0.1) is 0 Å². The number of aromatic nitrogens is 3. The molecule has 18 heavy (non-hydrogen) atoms. The predicted octanol–water partition coefficient (Wildman–Crippen LogP) is 1.33. The molecule has 0 radical (unpaired) electrons. The van der Waals surface area contributed by atoms with Gasteiger partial charge < -0.3 is 5.43 Å². The minimum Gasteiger partial charge on any atom is -0.316 e. The Bertz CT molecular complexity index is 587. The zero-order valence-electron chi connectivity index (χ0n) is 9.03. The topological polar surface area (TPSA) is 62.7 Å². The number of hydrogen-bond acceptors (Lipinski definition) is 3. The molecule has 2 aromatic rings. The van der Waals surface area contributed by atoms with E-state index in [1.54, 1.807) is 0 Å². The molecular weight excluding hydrogens is 249 g/mol. The van der Waals surface area contributed by atoms with Crippen LogP contribution in [0.4, 0.5) is 13.2 Å². The number of nitrogens with zero attached hydrogens (tertiary/aromatic N) is 2. The molecule has 0 saturated carbocycles. The van der Waals surface area contributed by atoms with Crippen molar-refractivity contribution in [2.75, 3.05) is 5.43 Å². The zero-order valence-corrected chi connectivity index (χ0v) is 9.03. The molecule has 0 aliphatic rings. The third-order valence-electron chi connectivity index (χ3n) is 2.26. The lowest BCUT2D eigenvalue weighted by Crippen LogP contribution is -2.25. The van der Waals surface area contributed by atoms with E-state index in [2.05, 4.69) is 15.6 Å². The molecule has 0 spiro atoms. The van der Waals surface area contributed by atoms with Crippen molar-refractivity contribution >= 4 is 0 Å². The van der Waals surface area contributed by atoms with Crippen LogP contribution in [-0.2, 0) is 12.7 Å². The molecule has 0 amide bonds. The Labute approximate surface area is 99.2 Å². The lowest BCUT2D eigenvalue weighted by molar-refractivity contribution is -0.137. The average Bonchev–Trinajstić information content (AvgIpc) is 2.72. The van der Waals surface area contributed by atoms with Crippen LogP contribution in [0.3, 0.4) is 0 Å². The van der Waals surface area contributed by atoms with Crippen LogP contribution in [0.25, 0.3) is 0 Å². The molecule has 1 heterocycles. The summed E-state index contributed by atoms with van der Waals surface area (Å²) in [6.07, 6.45) is -3.17. The van der Waals surface area contributed by atoms with Crippen LogP contribution in [-0.4, -0.2) is 14.9 Å². The second-order valence-corrected chi connectivity index (χ2v) is 3.56. The average molecular weight is 258 g/mol. The van der Waals surface area contributed by atoms with E-state index >= 15 is 0 Å². The molecule has 5 nitrogen and oxygen atoms in total. The lowest BCUT2D eigenvalue weighted by atomic mass is 10.1. The fourth-order valence-corrected chi connectivity index (χ4v) is 1.39. The number of H-pyrrole nitrogens is 1. The van der Waals surface area contributed by atoms with Gasteiger partial charge in [0.1, 0.15) is 6.33 Å². The highest BCUT2D eigenvalue weighted by Gasteiger charge is 2.30. The van der Waals surface area contributed by atoms with Gasteiger partial charge in [0.25, 0.3) is 0 Å². The maximum absolute atomic E-state index is 12.5. The number of halogens is 3. The van der Waals surface area contributed by atoms with Crippen LogP contribution >= 0.6 is 0 Å². The lowest BCUT2D eigenvalue weighted by Gasteiger charge is -2.09. The first-order valence-electron chi connectivity index (χ1n) is 4.99. The normalized spacial score (nSPS) is 11.5. The molecule has 1 aromatic carbocycles. The van der Waals surface area contributed by atoms with Crippen molar-refractivity contribution in [2.45, 2.75) is 12.7 Å². The summed E-state index contributed by atoms with van der Waals surface area (Å²) in [6, 6.07) is 4.87. The molecule has 0 unspecified atom stereocenters. The number of hydrogen-bond donors (Lipinski definition) is 2. The summed E-state index contributed by atoms with van der Waals surface area (Å²) in [6.45, 7) is 0.0867. The van der Waals surface area contributed by atoms with Crippen LogP contribution in [0.2, 0.25) is 0 Å². The standard InChI is InChI=1S/C10H9F3N4O/c11-10(12,13)8-3-1-2-7(4-8)5-15-17-6-14-16-9(17)18/h1-4,6,15H,5H2,(H,16,18). The SMILES string of the molecule is O=c1[nH]ncn1NCc1cccc(C(F)(F)F)c1. The number of benzene rings is 1. The number of rotatable bonds is 3. The van der Waals surface area contributed by atoms with Crippen molar-refractivity contribution in [3.05, 3.63) is 52.2 Å². The van der Waals surface area contributed by atoms with E-state index in [1.165, 1.54) is 18.5 Å². The summed E-state index contributed by atoms with van der Waals surface area (Å²) in [5, 5.41) is 5.63. The first kappa shape index (κ1) is 12.2. The maximum atomic E-state index is 12.5. The Balaban J connectivity index is 2.11. The first-order valence-corrected chi connectivity index (χ1v) is 4.99. The molecule has 0 bridgehead atoms. The van der Waals surface area contributed by atoms with Crippen molar-refractivity contribution in [3.8, 4) is 0 Å². The van der Waals surface area contributed by atoms with Crippen LogP contribution < -0.4 is 11.1 Å². The highest BCUT2D eigenvalue weighted by Crippen LogP contribution is 2.29. The van der Waals surface area contributed by atoms with Crippen molar-refractivity contribution in [1.82, 2.24) is 14.9 Å². The van der Waals surface area contributed by atoms with E-state index in [9.17, 15) is 18.0 Å². The second kappa shape index (κ2) is 4.55. The molecule has 0 fully saturated rings. The molecule has 0 aliphatic heterocycles. The monoisotopic (exact) mass is 258 g/mol. The van der Waals surface area contributed by atoms with E-state index in [1.807, 2.05) is 0 Å². The van der Waals surface area contributed by atoms with Crippen LogP contribution in [0.5, 0.6) is 0 Å². The van der Waals surface area contributed by atoms with E-state index < -0.39 is 17.4 Å². The molecule has 1 aromatic heterocycles. The highest BCUT2D eigenvalue weighted by molar-refractivity contribution is 5.26. The van der Waals surface area contributed by atoms with Gasteiger partial charge in [0.05, 0.1) is 12.1 Å². The molecule has 8 heteroatoms. The van der Waals surface area contributed by atoms with E-state index in [4.69, 9.17) is 0 Å². The van der Waals surface area contributed by atoms with Gasteiger partial charge >= 0.3 is 11.9 Å². The molecule has 0 aliphatic carbocycles. The van der Waals surface area contributed by atoms with Gasteiger partial charge in [0.15, 0.2) is 0 Å². The highest BCUT2D eigenvalue weighted by atomic mass is 19.4. The zero-order chi connectivity index (χ0) is 13.2. The van der Waals surface area contributed by atoms with Gasteiger partial charge in [-0.1, -0.05) is 12.1 Å². The van der Waals surface area contributed by atoms with E-state index in [0.29, 0.717) is 5.56 Å². The van der Waals surface area contributed by atoms with E-state index in [0.717, 1.165) is 16.8 Å². The third kappa shape index (κ3) is 2.70. The summed E-state index contributed by atoms with van der Waals surface area (Å²) in [7, 11) is 0. The fraction of sp³-hybridized carbons (Fsp3) is 0.200. The van der Waals surface area contributed by atoms with Crippen LogP contribution in [0.15, 0.2) is 35.4 Å². The molecule has 2 N–H and O–H groups in total. The Morgan fingerprint density at radius 2 is 2.17 bits per heavy atom. The smallest absolute Gasteiger partial charge is 0.316 e. The van der Waals surface area contributed by atoms with Crippen LogP contribution in [0, 0.1) is 0 Å². The van der Waals surface area contributed by atoms with Gasteiger partial charge in [-0.2, -0.15) is 22.9 Å². The molecule has 0 atom stereocenters. The summed E-state index contributed by atoms with van der Waals surface area (Å²) >= 11 is 0. The maximum Gasteiger partial charge on any atom is 0.416 e. The van der Waals surface area contributed by atoms with E-state index in [-0.39, 0.29) is 6.54 Å².